The summed E-state index contributed by atoms with van der Waals surface area (Å²) in [5, 5.41) is 12.0. The molecule has 0 spiro atoms. The number of rotatable bonds is 7. The van der Waals surface area contributed by atoms with Crippen LogP contribution in [0.15, 0.2) is 26.3 Å². The second-order valence-electron chi connectivity index (χ2n) is 3.68. The first-order chi connectivity index (χ1) is 9.11. The monoisotopic (exact) mass is 331 g/mol. The van der Waals surface area contributed by atoms with Gasteiger partial charge in [-0.1, -0.05) is 0 Å². The first-order valence-electron chi connectivity index (χ1n) is 5.62. The van der Waals surface area contributed by atoms with Crippen molar-refractivity contribution in [1.82, 2.24) is 10.9 Å². The van der Waals surface area contributed by atoms with Crippen LogP contribution in [0.5, 0.6) is 0 Å². The average molecular weight is 332 g/mol. The lowest BCUT2D eigenvalue weighted by molar-refractivity contribution is -0.129. The highest BCUT2D eigenvalue weighted by Crippen LogP contribution is 2.11. The number of unbranched alkanes of at least 4 members (excludes halogenated alkanes) is 1. The predicted molar refractivity (Wildman–Crippen MR) is 70.5 cm³/mol. The van der Waals surface area contributed by atoms with Gasteiger partial charge in [0.1, 0.15) is 5.76 Å². The Bertz CT molecular complexity index is 459. The van der Waals surface area contributed by atoms with Gasteiger partial charge in [0.2, 0.25) is 11.8 Å². The van der Waals surface area contributed by atoms with Crippen LogP contribution in [0.25, 0.3) is 0 Å². The maximum atomic E-state index is 11.3. The zero-order chi connectivity index (χ0) is 14.1. The van der Waals surface area contributed by atoms with E-state index in [-0.39, 0.29) is 18.7 Å². The van der Waals surface area contributed by atoms with Gasteiger partial charge in [-0.3, -0.25) is 14.8 Å². The molecule has 0 saturated heterocycles. The molecule has 0 radical (unpaired) electrons. The molecule has 1 heterocycles. The second kappa shape index (κ2) is 8.44. The summed E-state index contributed by atoms with van der Waals surface area (Å²) in [7, 11) is 0. The Morgan fingerprint density at radius 3 is 2.58 bits per heavy atom. The largest absolute Gasteiger partial charge is 0.448 e. The van der Waals surface area contributed by atoms with Crippen molar-refractivity contribution in [2.45, 2.75) is 25.7 Å². The van der Waals surface area contributed by atoms with E-state index in [1.165, 1.54) is 11.7 Å². The molecule has 0 fully saturated rings. The van der Waals surface area contributed by atoms with Crippen molar-refractivity contribution in [3.8, 4) is 0 Å². The molecule has 0 aromatic carbocycles. The van der Waals surface area contributed by atoms with Crippen LogP contribution >= 0.6 is 15.9 Å². The minimum atomic E-state index is -0.457. The molecule has 0 bridgehead atoms. The highest BCUT2D eigenvalue weighted by molar-refractivity contribution is 9.10. The molecule has 0 aliphatic carbocycles. The molecule has 1 aromatic rings. The summed E-state index contributed by atoms with van der Waals surface area (Å²) in [4.78, 5) is 22.0. The highest BCUT2D eigenvalue weighted by Gasteiger charge is 2.02. The molecule has 0 unspecified atom stereocenters. The number of hydrogen-bond donors (Lipinski definition) is 3. The van der Waals surface area contributed by atoms with Crippen molar-refractivity contribution in [2.24, 2.45) is 5.10 Å². The summed E-state index contributed by atoms with van der Waals surface area (Å²) in [5.74, 6) is -0.181. The Kier molecular flexibility index (Phi) is 6.83. The molecular formula is C11H14BrN3O4. The van der Waals surface area contributed by atoms with Gasteiger partial charge < -0.3 is 4.42 Å². The standard InChI is InChI=1S/C11H14BrN3O4/c12-9-6-5-8(19-9)7-13-14-10(16)3-1-2-4-11(17)15-18/h5-7,18H,1-4H2,(H,14,16)(H,15,17)/b13-7+. The Morgan fingerprint density at radius 2 is 2.00 bits per heavy atom. The van der Waals surface area contributed by atoms with E-state index in [0.717, 1.165) is 0 Å². The quantitative estimate of drug-likeness (QED) is 0.305. The molecule has 104 valence electrons. The van der Waals surface area contributed by atoms with Crippen molar-refractivity contribution in [2.75, 3.05) is 0 Å². The first kappa shape index (κ1) is 15.4. The van der Waals surface area contributed by atoms with E-state index in [1.807, 2.05) is 0 Å². The molecule has 0 aliphatic rings. The van der Waals surface area contributed by atoms with Crippen LogP contribution in [-0.2, 0) is 9.59 Å². The van der Waals surface area contributed by atoms with Crippen LogP contribution in [0.1, 0.15) is 31.4 Å². The molecule has 0 saturated carbocycles. The SMILES string of the molecule is O=C(CCCCC(=O)N/N=C/c1ccc(Br)o1)NO. The van der Waals surface area contributed by atoms with Crippen LogP contribution < -0.4 is 10.9 Å². The number of hydrogen-bond acceptors (Lipinski definition) is 5. The molecule has 1 rings (SSSR count). The van der Waals surface area contributed by atoms with Gasteiger partial charge in [-0.25, -0.2) is 10.9 Å². The Balaban J connectivity index is 2.14. The lowest BCUT2D eigenvalue weighted by atomic mass is 10.2. The molecule has 7 nitrogen and oxygen atoms in total. The summed E-state index contributed by atoms with van der Waals surface area (Å²) in [6, 6.07) is 3.42. The Hall–Kier alpha value is -1.67. The van der Waals surface area contributed by atoms with Crippen molar-refractivity contribution < 1.29 is 19.2 Å². The summed E-state index contributed by atoms with van der Waals surface area (Å²) in [6.07, 6.45) is 2.91. The number of furan rings is 1. The lowest BCUT2D eigenvalue weighted by Crippen LogP contribution is -2.19. The molecule has 3 N–H and O–H groups in total. The van der Waals surface area contributed by atoms with E-state index in [4.69, 9.17) is 9.62 Å². The van der Waals surface area contributed by atoms with Crippen LogP contribution in [-0.4, -0.2) is 23.2 Å². The van der Waals surface area contributed by atoms with Gasteiger partial charge in [0.15, 0.2) is 4.67 Å². The van der Waals surface area contributed by atoms with E-state index in [9.17, 15) is 9.59 Å². The van der Waals surface area contributed by atoms with Gasteiger partial charge >= 0.3 is 0 Å². The van der Waals surface area contributed by atoms with E-state index in [1.54, 1.807) is 12.1 Å². The van der Waals surface area contributed by atoms with Crippen LogP contribution in [0.2, 0.25) is 0 Å². The van der Waals surface area contributed by atoms with Crippen molar-refractivity contribution >= 4 is 34.0 Å². The molecule has 1 aromatic heterocycles. The summed E-state index contributed by atoms with van der Waals surface area (Å²) < 4.78 is 5.74. The third kappa shape index (κ3) is 6.73. The second-order valence-corrected chi connectivity index (χ2v) is 4.46. The summed E-state index contributed by atoms with van der Waals surface area (Å²) in [6.45, 7) is 0. The van der Waals surface area contributed by atoms with E-state index in [2.05, 4.69) is 26.5 Å². The van der Waals surface area contributed by atoms with Gasteiger partial charge in [-0.15, -0.1) is 0 Å². The molecule has 8 heteroatoms. The number of hydroxylamine groups is 1. The van der Waals surface area contributed by atoms with Crippen molar-refractivity contribution in [1.29, 1.82) is 0 Å². The van der Waals surface area contributed by atoms with Crippen molar-refractivity contribution in [3.63, 3.8) is 0 Å². The van der Waals surface area contributed by atoms with Gasteiger partial charge in [0.25, 0.3) is 0 Å². The third-order valence-electron chi connectivity index (χ3n) is 2.16. The van der Waals surface area contributed by atoms with Crippen molar-refractivity contribution in [3.05, 3.63) is 22.6 Å². The minimum Gasteiger partial charge on any atom is -0.448 e. The van der Waals surface area contributed by atoms with Crippen LogP contribution in [0, 0.1) is 0 Å². The fourth-order valence-electron chi connectivity index (χ4n) is 1.25. The van der Waals surface area contributed by atoms with Crippen LogP contribution in [0.3, 0.4) is 0 Å². The van der Waals surface area contributed by atoms with Gasteiger partial charge in [-0.2, -0.15) is 5.10 Å². The van der Waals surface area contributed by atoms with E-state index < -0.39 is 5.91 Å². The number of nitrogens with one attached hydrogen (secondary N) is 2. The first-order valence-corrected chi connectivity index (χ1v) is 6.41. The molecule has 2 amide bonds. The highest BCUT2D eigenvalue weighted by atomic mass is 79.9. The Morgan fingerprint density at radius 1 is 1.32 bits per heavy atom. The van der Waals surface area contributed by atoms with E-state index >= 15 is 0 Å². The van der Waals surface area contributed by atoms with Crippen LogP contribution in [0.4, 0.5) is 0 Å². The molecule has 19 heavy (non-hydrogen) atoms. The number of amides is 2. The Labute approximate surface area is 118 Å². The summed E-state index contributed by atoms with van der Waals surface area (Å²) >= 11 is 3.15. The van der Waals surface area contributed by atoms with Gasteiger partial charge in [0, 0.05) is 12.8 Å². The number of hydrazone groups is 1. The van der Waals surface area contributed by atoms with Gasteiger partial charge in [-0.05, 0) is 40.9 Å². The number of carbonyl (C=O) groups is 2. The normalized spacial score (nSPS) is 10.6. The van der Waals surface area contributed by atoms with E-state index in [0.29, 0.717) is 23.3 Å². The average Bonchev–Trinajstić information content (AvgIpc) is 2.80. The third-order valence-corrected chi connectivity index (χ3v) is 2.58. The fraction of sp³-hybridized carbons (Fsp3) is 0.364. The number of carbonyl (C=O) groups excluding carboxylic acids is 2. The molecule has 0 aliphatic heterocycles. The zero-order valence-electron chi connectivity index (χ0n) is 10.1. The number of nitrogens with zero attached hydrogens (tertiary/aromatic N) is 1. The minimum absolute atomic E-state index is 0.188. The predicted octanol–water partition coefficient (Wildman–Crippen LogP) is 1.56. The zero-order valence-corrected chi connectivity index (χ0v) is 11.6. The number of halogens is 1. The fourth-order valence-corrected chi connectivity index (χ4v) is 1.57. The summed E-state index contributed by atoms with van der Waals surface area (Å²) in [5.41, 5.74) is 3.88. The smallest absolute Gasteiger partial charge is 0.243 e. The maximum absolute atomic E-state index is 11.3. The lowest BCUT2D eigenvalue weighted by Gasteiger charge is -1.99. The maximum Gasteiger partial charge on any atom is 0.243 e. The van der Waals surface area contributed by atoms with Gasteiger partial charge in [0.05, 0.1) is 6.21 Å². The molecule has 0 atom stereocenters. The molecular weight excluding hydrogens is 318 g/mol. The topological polar surface area (TPSA) is 104 Å².